The summed E-state index contributed by atoms with van der Waals surface area (Å²) in [4.78, 5) is 0. The topological polar surface area (TPSA) is 18.5 Å². The van der Waals surface area contributed by atoms with Crippen molar-refractivity contribution in [3.63, 3.8) is 0 Å². The molecule has 0 unspecified atom stereocenters. The van der Waals surface area contributed by atoms with Gasteiger partial charge in [0.1, 0.15) is 11.5 Å². The van der Waals surface area contributed by atoms with Gasteiger partial charge in [-0.05, 0) is 37.3 Å². The smallest absolute Gasteiger partial charge is 0.130 e. The minimum atomic E-state index is -0.104. The zero-order chi connectivity index (χ0) is 15.5. The molecule has 0 aliphatic rings. The Morgan fingerprint density at radius 2 is 1.48 bits per heavy atom. The summed E-state index contributed by atoms with van der Waals surface area (Å²) in [6, 6.07) is 6.33. The fourth-order valence-electron chi connectivity index (χ4n) is 2.50. The normalized spacial score (nSPS) is 10.9. The third-order valence-electron chi connectivity index (χ3n) is 3.79. The van der Waals surface area contributed by atoms with Crippen LogP contribution in [0, 0.1) is 0 Å². The van der Waals surface area contributed by atoms with Crippen LogP contribution in [0.2, 0.25) is 0 Å². The summed E-state index contributed by atoms with van der Waals surface area (Å²) >= 11 is 0. The lowest BCUT2D eigenvalue weighted by molar-refractivity contribution is 0.396. The van der Waals surface area contributed by atoms with E-state index in [1.165, 1.54) is 56.2 Å². The molecule has 21 heavy (non-hydrogen) atoms. The van der Waals surface area contributed by atoms with E-state index in [1.54, 1.807) is 14.2 Å². The van der Waals surface area contributed by atoms with Crippen LogP contribution in [0.25, 0.3) is 0 Å². The molecule has 1 aromatic carbocycles. The minimum absolute atomic E-state index is 0.104. The molecule has 0 atom stereocenters. The highest BCUT2D eigenvalue weighted by molar-refractivity contribution is 7.65. The van der Waals surface area contributed by atoms with Crippen LogP contribution in [0.1, 0.15) is 52.4 Å². The van der Waals surface area contributed by atoms with Crippen LogP contribution in [0.5, 0.6) is 11.5 Å². The Morgan fingerprint density at radius 1 is 0.857 bits per heavy atom. The molecule has 0 saturated carbocycles. The summed E-state index contributed by atoms with van der Waals surface area (Å²) in [6.45, 7) is 4.54. The van der Waals surface area contributed by atoms with Crippen molar-refractivity contribution in [1.82, 2.24) is 0 Å². The van der Waals surface area contributed by atoms with Crippen molar-refractivity contribution in [2.45, 2.75) is 52.4 Å². The van der Waals surface area contributed by atoms with E-state index in [-0.39, 0.29) is 7.92 Å². The van der Waals surface area contributed by atoms with Gasteiger partial charge in [-0.2, -0.15) is 0 Å². The summed E-state index contributed by atoms with van der Waals surface area (Å²) in [7, 11) is 3.37. The first-order valence-corrected chi connectivity index (χ1v) is 9.95. The number of rotatable bonds is 11. The van der Waals surface area contributed by atoms with Gasteiger partial charge in [0.15, 0.2) is 0 Å². The van der Waals surface area contributed by atoms with E-state index in [1.807, 2.05) is 6.07 Å². The Balaban J connectivity index is 2.83. The first kappa shape index (κ1) is 18.3. The summed E-state index contributed by atoms with van der Waals surface area (Å²) in [5, 5.41) is 1.42. The van der Waals surface area contributed by atoms with Gasteiger partial charge in [-0.25, -0.2) is 0 Å². The number of benzene rings is 1. The van der Waals surface area contributed by atoms with Crippen molar-refractivity contribution in [2.75, 3.05) is 26.5 Å². The van der Waals surface area contributed by atoms with Gasteiger partial charge < -0.3 is 9.47 Å². The monoisotopic (exact) mass is 310 g/mol. The Labute approximate surface area is 132 Å². The molecule has 0 saturated heterocycles. The molecule has 0 bridgehead atoms. The standard InChI is InChI=1S/C18H31O2P/c1-5-7-9-13-21(14-10-8-6-2)18-12-11-16(19-3)15-17(18)20-4/h11-12,15H,5-10,13-14H2,1-4H3. The molecule has 0 fully saturated rings. The average Bonchev–Trinajstić information content (AvgIpc) is 2.53. The van der Waals surface area contributed by atoms with Crippen LogP contribution >= 0.6 is 7.92 Å². The van der Waals surface area contributed by atoms with E-state index < -0.39 is 0 Å². The fraction of sp³-hybridized carbons (Fsp3) is 0.667. The van der Waals surface area contributed by atoms with E-state index in [4.69, 9.17) is 9.47 Å². The van der Waals surface area contributed by atoms with Crippen molar-refractivity contribution in [3.8, 4) is 11.5 Å². The van der Waals surface area contributed by atoms with Crippen molar-refractivity contribution in [3.05, 3.63) is 18.2 Å². The Kier molecular flexibility index (Phi) is 9.50. The first-order chi connectivity index (χ1) is 10.3. The van der Waals surface area contributed by atoms with E-state index in [2.05, 4.69) is 26.0 Å². The second-order valence-electron chi connectivity index (χ2n) is 5.44. The van der Waals surface area contributed by atoms with Gasteiger partial charge >= 0.3 is 0 Å². The summed E-state index contributed by atoms with van der Waals surface area (Å²) < 4.78 is 10.9. The van der Waals surface area contributed by atoms with E-state index >= 15 is 0 Å². The maximum Gasteiger partial charge on any atom is 0.130 e. The quantitative estimate of drug-likeness (QED) is 0.413. The van der Waals surface area contributed by atoms with Crippen molar-refractivity contribution < 1.29 is 9.47 Å². The molecule has 3 heteroatoms. The molecule has 1 aromatic rings. The van der Waals surface area contributed by atoms with Crippen LogP contribution < -0.4 is 14.8 Å². The zero-order valence-electron chi connectivity index (χ0n) is 14.2. The Morgan fingerprint density at radius 3 is 1.95 bits per heavy atom. The molecule has 0 aromatic heterocycles. The molecule has 0 spiro atoms. The number of hydrogen-bond acceptors (Lipinski definition) is 2. The van der Waals surface area contributed by atoms with Gasteiger partial charge in [0.25, 0.3) is 0 Å². The van der Waals surface area contributed by atoms with Crippen LogP contribution in [0.4, 0.5) is 0 Å². The van der Waals surface area contributed by atoms with Gasteiger partial charge in [0, 0.05) is 11.4 Å². The largest absolute Gasteiger partial charge is 0.497 e. The lowest BCUT2D eigenvalue weighted by Gasteiger charge is -2.21. The van der Waals surface area contributed by atoms with E-state index in [0.29, 0.717) is 0 Å². The molecule has 2 nitrogen and oxygen atoms in total. The number of ether oxygens (including phenoxy) is 2. The maximum atomic E-state index is 5.62. The number of methoxy groups -OCH3 is 2. The molecule has 0 amide bonds. The SMILES string of the molecule is CCCCCP(CCCCC)c1ccc(OC)cc1OC. The molecular formula is C18H31O2P. The zero-order valence-corrected chi connectivity index (χ0v) is 15.0. The van der Waals surface area contributed by atoms with Crippen LogP contribution in [0.3, 0.4) is 0 Å². The number of unbranched alkanes of at least 4 members (excludes halogenated alkanes) is 4. The average molecular weight is 310 g/mol. The molecular weight excluding hydrogens is 279 g/mol. The van der Waals surface area contributed by atoms with Crippen LogP contribution in [-0.2, 0) is 0 Å². The van der Waals surface area contributed by atoms with Crippen molar-refractivity contribution in [2.24, 2.45) is 0 Å². The maximum absolute atomic E-state index is 5.62. The molecule has 0 heterocycles. The molecule has 120 valence electrons. The summed E-state index contributed by atoms with van der Waals surface area (Å²) in [5.74, 6) is 1.89. The first-order valence-electron chi connectivity index (χ1n) is 8.23. The van der Waals surface area contributed by atoms with Crippen molar-refractivity contribution >= 4 is 13.2 Å². The van der Waals surface area contributed by atoms with E-state index in [0.717, 1.165) is 11.5 Å². The predicted octanol–water partition coefficient (Wildman–Crippen LogP) is 5.19. The Bertz CT molecular complexity index is 383. The molecule has 0 aliphatic carbocycles. The van der Waals surface area contributed by atoms with E-state index in [9.17, 15) is 0 Å². The van der Waals surface area contributed by atoms with Gasteiger partial charge in [0.05, 0.1) is 14.2 Å². The van der Waals surface area contributed by atoms with Gasteiger partial charge in [0.2, 0.25) is 0 Å². The highest BCUT2D eigenvalue weighted by Gasteiger charge is 2.16. The lowest BCUT2D eigenvalue weighted by atomic mass is 10.3. The van der Waals surface area contributed by atoms with Crippen LogP contribution in [0.15, 0.2) is 18.2 Å². The van der Waals surface area contributed by atoms with Gasteiger partial charge in [-0.15, -0.1) is 0 Å². The third-order valence-corrected chi connectivity index (χ3v) is 6.55. The Hall–Kier alpha value is -0.750. The molecule has 0 N–H and O–H groups in total. The lowest BCUT2D eigenvalue weighted by Crippen LogP contribution is -2.10. The summed E-state index contributed by atoms with van der Waals surface area (Å²) in [6.07, 6.45) is 10.6. The molecule has 0 radical (unpaired) electrons. The van der Waals surface area contributed by atoms with Gasteiger partial charge in [-0.3, -0.25) is 0 Å². The van der Waals surface area contributed by atoms with Crippen molar-refractivity contribution in [1.29, 1.82) is 0 Å². The highest BCUT2D eigenvalue weighted by Crippen LogP contribution is 2.41. The molecule has 1 rings (SSSR count). The van der Waals surface area contributed by atoms with Crippen LogP contribution in [-0.4, -0.2) is 26.5 Å². The second-order valence-corrected chi connectivity index (χ2v) is 7.89. The predicted molar refractivity (Wildman–Crippen MR) is 94.9 cm³/mol. The number of hydrogen-bond donors (Lipinski definition) is 0. The third kappa shape index (κ3) is 6.26. The minimum Gasteiger partial charge on any atom is -0.497 e. The fourth-order valence-corrected chi connectivity index (χ4v) is 5.17. The summed E-state index contributed by atoms with van der Waals surface area (Å²) in [5.41, 5.74) is 0. The molecule has 0 aliphatic heterocycles. The second kappa shape index (κ2) is 10.9. The highest BCUT2D eigenvalue weighted by atomic mass is 31.1. The van der Waals surface area contributed by atoms with Gasteiger partial charge in [-0.1, -0.05) is 47.5 Å².